The maximum absolute atomic E-state index is 12.6. The highest BCUT2D eigenvalue weighted by Gasteiger charge is 2.13. The van der Waals surface area contributed by atoms with Gasteiger partial charge in [0.15, 0.2) is 5.16 Å². The number of nitrogens with one attached hydrogen (secondary N) is 1. The highest BCUT2D eigenvalue weighted by atomic mass is 35.5. The molecule has 11 heteroatoms. The van der Waals surface area contributed by atoms with E-state index in [1.54, 1.807) is 29.5 Å². The van der Waals surface area contributed by atoms with Crippen molar-refractivity contribution >= 4 is 68.1 Å². The second kappa shape index (κ2) is 12.4. The molecule has 7 nitrogen and oxygen atoms in total. The molecule has 2 aromatic heterocycles. The Balaban J connectivity index is 1.09. The van der Waals surface area contributed by atoms with Crippen molar-refractivity contribution in [2.24, 2.45) is 7.05 Å². The van der Waals surface area contributed by atoms with Crippen LogP contribution in [0.1, 0.15) is 17.8 Å². The number of hydrogen-bond acceptors (Lipinski definition) is 7. The molecule has 5 rings (SSSR count). The fraction of sp³-hybridized carbons (Fsp3) is 0.214. The summed E-state index contributed by atoms with van der Waals surface area (Å²) < 4.78 is 8.81. The maximum Gasteiger partial charge on any atom is 0.234 e. The predicted octanol–water partition coefficient (Wildman–Crippen LogP) is 7.45. The Labute approximate surface area is 244 Å². The topological polar surface area (TPSA) is 81.9 Å². The van der Waals surface area contributed by atoms with Crippen molar-refractivity contribution in [3.05, 3.63) is 82.1 Å². The smallest absolute Gasteiger partial charge is 0.234 e. The van der Waals surface area contributed by atoms with Gasteiger partial charge in [-0.15, -0.1) is 21.5 Å². The first-order chi connectivity index (χ1) is 18.9. The summed E-state index contributed by atoms with van der Waals surface area (Å²) in [6.07, 6.45) is 1.42. The lowest BCUT2D eigenvalue weighted by molar-refractivity contribution is -0.113. The van der Waals surface area contributed by atoms with E-state index in [2.05, 4.69) is 34.6 Å². The number of thioether (sulfide) groups is 1. The quantitative estimate of drug-likeness (QED) is 0.133. The fourth-order valence-corrected chi connectivity index (χ4v) is 6.13. The molecule has 0 bridgehead atoms. The summed E-state index contributed by atoms with van der Waals surface area (Å²) in [6, 6.07) is 19.2. The molecule has 0 atom stereocenters. The molecule has 1 N–H and O–H groups in total. The lowest BCUT2D eigenvalue weighted by atomic mass is 10.2. The largest absolute Gasteiger partial charge is 0.492 e. The molecule has 0 radical (unpaired) electrons. The van der Waals surface area contributed by atoms with Crippen LogP contribution in [0, 0.1) is 6.92 Å². The number of benzene rings is 3. The molecule has 0 aliphatic carbocycles. The first kappa shape index (κ1) is 27.5. The highest BCUT2D eigenvalue weighted by Crippen LogP contribution is 2.31. The van der Waals surface area contributed by atoms with Crippen LogP contribution in [-0.2, 0) is 18.3 Å². The van der Waals surface area contributed by atoms with Gasteiger partial charge in [-0.2, -0.15) is 0 Å². The monoisotopic (exact) mass is 597 g/mol. The van der Waals surface area contributed by atoms with Gasteiger partial charge in [-0.05, 0) is 73.5 Å². The molecule has 1 amide bonds. The van der Waals surface area contributed by atoms with E-state index in [1.165, 1.54) is 22.0 Å². The van der Waals surface area contributed by atoms with E-state index in [0.29, 0.717) is 34.0 Å². The Bertz CT molecular complexity index is 1620. The van der Waals surface area contributed by atoms with Crippen molar-refractivity contribution in [2.45, 2.75) is 24.9 Å². The number of thiazole rings is 1. The Kier molecular flexibility index (Phi) is 8.72. The van der Waals surface area contributed by atoms with Crippen LogP contribution in [-0.4, -0.2) is 38.0 Å². The Morgan fingerprint density at radius 1 is 1.08 bits per heavy atom. The molecule has 0 fully saturated rings. The lowest BCUT2D eigenvalue weighted by Gasteiger charge is -2.08. The van der Waals surface area contributed by atoms with Crippen molar-refractivity contribution in [2.75, 3.05) is 17.7 Å². The minimum absolute atomic E-state index is 0.110. The zero-order chi connectivity index (χ0) is 27.4. The van der Waals surface area contributed by atoms with E-state index >= 15 is 0 Å². The number of anilines is 1. The highest BCUT2D eigenvalue weighted by molar-refractivity contribution is 7.99. The molecule has 39 heavy (non-hydrogen) atoms. The second-order valence-electron chi connectivity index (χ2n) is 8.89. The molecule has 0 aliphatic heterocycles. The summed E-state index contributed by atoms with van der Waals surface area (Å²) in [4.78, 5) is 17.3. The molecular weight excluding hydrogens is 573 g/mol. The van der Waals surface area contributed by atoms with Crippen LogP contribution in [0.4, 0.5) is 5.69 Å². The van der Waals surface area contributed by atoms with Gasteiger partial charge in [-0.3, -0.25) is 4.79 Å². The average molecular weight is 599 g/mol. The Morgan fingerprint density at radius 3 is 2.69 bits per heavy atom. The molecule has 3 aromatic carbocycles. The van der Waals surface area contributed by atoms with Gasteiger partial charge in [0.2, 0.25) is 5.91 Å². The van der Waals surface area contributed by atoms with Crippen LogP contribution < -0.4 is 10.1 Å². The van der Waals surface area contributed by atoms with Crippen molar-refractivity contribution in [3.8, 4) is 16.3 Å². The van der Waals surface area contributed by atoms with Crippen LogP contribution in [0.25, 0.3) is 20.8 Å². The number of halogens is 2. The van der Waals surface area contributed by atoms with Gasteiger partial charge >= 0.3 is 0 Å². The summed E-state index contributed by atoms with van der Waals surface area (Å²) in [7, 11) is 1.90. The number of carbonyl (C=O) groups is 1. The molecule has 0 unspecified atom stereocenters. The van der Waals surface area contributed by atoms with Gasteiger partial charge in [0.25, 0.3) is 0 Å². The molecule has 5 aromatic rings. The van der Waals surface area contributed by atoms with Crippen molar-refractivity contribution < 1.29 is 9.53 Å². The van der Waals surface area contributed by atoms with Crippen LogP contribution in [0.2, 0.25) is 10.0 Å². The minimum atomic E-state index is -0.110. The predicted molar refractivity (Wildman–Crippen MR) is 160 cm³/mol. The summed E-state index contributed by atoms with van der Waals surface area (Å²) in [5.74, 6) is 1.54. The molecule has 0 spiro atoms. The molecular formula is C28H25Cl2N5O2S2. The van der Waals surface area contributed by atoms with Crippen molar-refractivity contribution in [1.82, 2.24) is 19.7 Å². The number of hydrogen-bond donors (Lipinski definition) is 1. The molecule has 2 heterocycles. The lowest BCUT2D eigenvalue weighted by Crippen LogP contribution is -2.14. The number of carbonyl (C=O) groups excluding carboxylic acids is 1. The molecule has 200 valence electrons. The van der Waals surface area contributed by atoms with Crippen LogP contribution >= 0.6 is 46.3 Å². The van der Waals surface area contributed by atoms with Crippen molar-refractivity contribution in [3.63, 3.8) is 0 Å². The van der Waals surface area contributed by atoms with E-state index in [1.807, 2.05) is 41.9 Å². The number of rotatable bonds is 10. The SMILES string of the molecule is Cc1ccc2nc(-c3ccc(NC(=O)CSc4nnc(CCCOc5ccc(Cl)cc5Cl)n4C)cc3)sc2c1. The number of fused-ring (bicyclic) bond motifs is 1. The maximum atomic E-state index is 12.6. The van der Waals surface area contributed by atoms with Crippen molar-refractivity contribution in [1.29, 1.82) is 0 Å². The Morgan fingerprint density at radius 2 is 1.90 bits per heavy atom. The van der Waals surface area contributed by atoms with Crippen LogP contribution in [0.5, 0.6) is 5.75 Å². The average Bonchev–Trinajstić information content (AvgIpc) is 3.49. The molecule has 0 saturated carbocycles. The number of nitrogens with zero attached hydrogens (tertiary/aromatic N) is 4. The zero-order valence-electron chi connectivity index (χ0n) is 21.3. The van der Waals surface area contributed by atoms with E-state index in [4.69, 9.17) is 32.9 Å². The first-order valence-corrected chi connectivity index (χ1v) is 14.8. The van der Waals surface area contributed by atoms with Crippen LogP contribution in [0.3, 0.4) is 0 Å². The standard InChI is InChI=1S/C28H25Cl2N5O2S2/c1-17-5-11-22-24(14-17)39-27(32-22)18-6-9-20(10-7-18)31-26(36)16-38-28-34-33-25(35(28)2)4-3-13-37-23-12-8-19(29)15-21(23)30/h5-12,14-15H,3-4,13,16H2,1-2H3,(H,31,36). The van der Waals surface area contributed by atoms with E-state index < -0.39 is 0 Å². The van der Waals surface area contributed by atoms with Gasteiger partial charge in [0.1, 0.15) is 16.6 Å². The summed E-state index contributed by atoms with van der Waals surface area (Å²) in [5.41, 5.74) is 3.98. The number of aromatic nitrogens is 4. The number of ether oxygens (including phenoxy) is 1. The minimum Gasteiger partial charge on any atom is -0.492 e. The third kappa shape index (κ3) is 6.91. The summed E-state index contributed by atoms with van der Waals surface area (Å²) in [5, 5.41) is 14.1. The third-order valence-electron chi connectivity index (χ3n) is 5.91. The van der Waals surface area contributed by atoms with Crippen LogP contribution in [0.15, 0.2) is 65.8 Å². The Hall–Kier alpha value is -3.11. The third-order valence-corrected chi connectivity index (χ3v) is 8.53. The van der Waals surface area contributed by atoms with E-state index in [9.17, 15) is 4.79 Å². The molecule has 0 saturated heterocycles. The first-order valence-electron chi connectivity index (χ1n) is 12.2. The summed E-state index contributed by atoms with van der Waals surface area (Å²) >= 11 is 15.1. The number of amides is 1. The molecule has 0 aliphatic rings. The summed E-state index contributed by atoms with van der Waals surface area (Å²) in [6.45, 7) is 2.56. The fourth-order valence-electron chi connectivity index (χ4n) is 3.87. The van der Waals surface area contributed by atoms with Gasteiger partial charge < -0.3 is 14.6 Å². The number of aryl methyl sites for hydroxylation is 2. The van der Waals surface area contributed by atoms with Gasteiger partial charge in [-0.1, -0.05) is 41.0 Å². The second-order valence-corrected chi connectivity index (χ2v) is 11.7. The van der Waals surface area contributed by atoms with E-state index in [0.717, 1.165) is 34.0 Å². The normalized spacial score (nSPS) is 11.2. The van der Waals surface area contributed by atoms with Gasteiger partial charge in [-0.25, -0.2) is 4.98 Å². The zero-order valence-corrected chi connectivity index (χ0v) is 24.4. The van der Waals surface area contributed by atoms with E-state index in [-0.39, 0.29) is 11.7 Å². The van der Waals surface area contributed by atoms with Gasteiger partial charge in [0.05, 0.1) is 27.6 Å². The van der Waals surface area contributed by atoms with Gasteiger partial charge in [0, 0.05) is 29.7 Å².